The minimum absolute atomic E-state index is 0.0135. The fourth-order valence-corrected chi connectivity index (χ4v) is 3.77. The van der Waals surface area contributed by atoms with Crippen molar-refractivity contribution in [3.63, 3.8) is 0 Å². The van der Waals surface area contributed by atoms with Gasteiger partial charge in [0.2, 0.25) is 17.7 Å². The van der Waals surface area contributed by atoms with Crippen LogP contribution in [-0.4, -0.2) is 58.6 Å². The quantitative estimate of drug-likeness (QED) is 0.220. The molecule has 37 heavy (non-hydrogen) atoms. The first-order valence-corrected chi connectivity index (χ1v) is 12.2. The van der Waals surface area contributed by atoms with Gasteiger partial charge in [0.25, 0.3) is 0 Å². The smallest absolute Gasteiger partial charge is 0.326 e. The van der Waals surface area contributed by atoms with Crippen molar-refractivity contribution in [1.29, 1.82) is 0 Å². The highest BCUT2D eigenvalue weighted by atomic mass is 16.4. The molecule has 3 amide bonds. The first kappa shape index (κ1) is 29.3. The number of phenolic OH excluding ortho intramolecular Hbond substituents is 1. The van der Waals surface area contributed by atoms with E-state index in [0.29, 0.717) is 5.56 Å². The summed E-state index contributed by atoms with van der Waals surface area (Å²) in [5, 5.41) is 27.1. The number of hydrogen-bond donors (Lipinski definition) is 6. The molecule has 2 aromatic carbocycles. The molecular formula is C27H36N4O6. The van der Waals surface area contributed by atoms with Gasteiger partial charge in [0.05, 0.1) is 0 Å². The van der Waals surface area contributed by atoms with Gasteiger partial charge < -0.3 is 31.9 Å². The van der Waals surface area contributed by atoms with E-state index in [-0.39, 0.29) is 43.9 Å². The first-order valence-electron chi connectivity index (χ1n) is 12.2. The summed E-state index contributed by atoms with van der Waals surface area (Å²) in [6.45, 7) is 3.80. The molecular weight excluding hydrogens is 476 g/mol. The van der Waals surface area contributed by atoms with E-state index in [1.54, 1.807) is 12.1 Å². The molecule has 10 nitrogen and oxygen atoms in total. The third-order valence-electron chi connectivity index (χ3n) is 5.64. The summed E-state index contributed by atoms with van der Waals surface area (Å²) in [6.07, 6.45) is 0.473. The van der Waals surface area contributed by atoms with Crippen LogP contribution in [-0.2, 0) is 32.0 Å². The van der Waals surface area contributed by atoms with Crippen LogP contribution in [0.4, 0.5) is 0 Å². The van der Waals surface area contributed by atoms with Crippen LogP contribution >= 0.6 is 0 Å². The summed E-state index contributed by atoms with van der Waals surface area (Å²) >= 11 is 0. The van der Waals surface area contributed by atoms with Gasteiger partial charge in [-0.2, -0.15) is 0 Å². The Morgan fingerprint density at radius 3 is 1.81 bits per heavy atom. The standard InChI is InChI=1S/C27H36N4O6/c1-17(2)14-23(27(36)37)31-26(35)22(16-19-8-10-20(32)11-9-19)30-25(34)21(29-24(33)12-13-28)15-18-6-4-3-5-7-18/h3-11,17,21-23,32H,12-16,28H2,1-2H3,(H,29,33)(H,30,34)(H,31,35)(H,36,37)/t21-,22-,23-/m0/s1. The van der Waals surface area contributed by atoms with Gasteiger partial charge in [0, 0.05) is 25.8 Å². The molecule has 0 saturated heterocycles. The van der Waals surface area contributed by atoms with E-state index in [0.717, 1.165) is 5.56 Å². The Bertz CT molecular complexity index is 1040. The van der Waals surface area contributed by atoms with Crippen molar-refractivity contribution < 1.29 is 29.4 Å². The fourth-order valence-electron chi connectivity index (χ4n) is 3.77. The van der Waals surface area contributed by atoms with Crippen LogP contribution in [0.25, 0.3) is 0 Å². The maximum atomic E-state index is 13.4. The Morgan fingerprint density at radius 2 is 1.30 bits per heavy atom. The largest absolute Gasteiger partial charge is 0.508 e. The SMILES string of the molecule is CC(C)C[C@H](NC(=O)[C@H](Cc1ccc(O)cc1)NC(=O)[C@H](Cc1ccccc1)NC(=O)CCN)C(=O)O. The molecule has 2 aromatic rings. The van der Waals surface area contributed by atoms with Crippen LogP contribution < -0.4 is 21.7 Å². The zero-order valence-electron chi connectivity index (χ0n) is 21.1. The lowest BCUT2D eigenvalue weighted by Gasteiger charge is -2.25. The van der Waals surface area contributed by atoms with Gasteiger partial charge in [-0.1, -0.05) is 56.3 Å². The van der Waals surface area contributed by atoms with Crippen molar-refractivity contribution in [2.45, 2.75) is 57.7 Å². The van der Waals surface area contributed by atoms with Gasteiger partial charge in [0.1, 0.15) is 23.9 Å². The molecule has 0 saturated carbocycles. The van der Waals surface area contributed by atoms with Crippen LogP contribution in [0.1, 0.15) is 37.8 Å². The number of rotatable bonds is 14. The Hall–Kier alpha value is -3.92. The second kappa shape index (κ2) is 14.6. The van der Waals surface area contributed by atoms with Crippen molar-refractivity contribution in [3.8, 4) is 5.75 Å². The zero-order chi connectivity index (χ0) is 27.4. The van der Waals surface area contributed by atoms with Crippen molar-refractivity contribution in [1.82, 2.24) is 16.0 Å². The number of aliphatic carboxylic acids is 1. The molecule has 0 spiro atoms. The number of aromatic hydroxyl groups is 1. The first-order chi connectivity index (χ1) is 17.6. The predicted octanol–water partition coefficient (Wildman–Crippen LogP) is 1.11. The minimum atomic E-state index is -1.17. The van der Waals surface area contributed by atoms with Crippen LogP contribution in [0.15, 0.2) is 54.6 Å². The van der Waals surface area contributed by atoms with Gasteiger partial charge in [-0.25, -0.2) is 4.79 Å². The second-order valence-corrected chi connectivity index (χ2v) is 9.31. The number of carboxylic acid groups (broad SMARTS) is 1. The number of hydrogen-bond acceptors (Lipinski definition) is 6. The van der Waals surface area contributed by atoms with Crippen LogP contribution in [0.2, 0.25) is 0 Å². The molecule has 0 bridgehead atoms. The summed E-state index contributed by atoms with van der Waals surface area (Å²) in [5.41, 5.74) is 6.92. The lowest BCUT2D eigenvalue weighted by atomic mass is 10.0. The molecule has 0 aliphatic rings. The molecule has 0 aliphatic carbocycles. The van der Waals surface area contributed by atoms with Gasteiger partial charge in [-0.3, -0.25) is 14.4 Å². The van der Waals surface area contributed by atoms with E-state index in [9.17, 15) is 29.4 Å². The topological polar surface area (TPSA) is 171 Å². The summed E-state index contributed by atoms with van der Waals surface area (Å²) < 4.78 is 0. The third-order valence-corrected chi connectivity index (χ3v) is 5.64. The number of nitrogens with one attached hydrogen (secondary N) is 3. The lowest BCUT2D eigenvalue weighted by Crippen LogP contribution is -2.57. The van der Waals surface area contributed by atoms with Crippen molar-refractivity contribution in [3.05, 3.63) is 65.7 Å². The molecule has 3 atom stereocenters. The summed E-state index contributed by atoms with van der Waals surface area (Å²) in [6, 6.07) is 12.0. The van der Waals surface area contributed by atoms with E-state index in [1.165, 1.54) is 12.1 Å². The highest BCUT2D eigenvalue weighted by Crippen LogP contribution is 2.13. The predicted molar refractivity (Wildman–Crippen MR) is 139 cm³/mol. The molecule has 0 heterocycles. The number of carbonyl (C=O) groups excluding carboxylic acids is 3. The monoisotopic (exact) mass is 512 g/mol. The normalized spacial score (nSPS) is 13.3. The lowest BCUT2D eigenvalue weighted by molar-refractivity contribution is -0.142. The van der Waals surface area contributed by atoms with E-state index in [2.05, 4.69) is 16.0 Å². The molecule has 0 unspecified atom stereocenters. The van der Waals surface area contributed by atoms with Crippen molar-refractivity contribution in [2.75, 3.05) is 6.54 Å². The number of phenols is 1. The fraction of sp³-hybridized carbons (Fsp3) is 0.407. The van der Waals surface area contributed by atoms with Crippen molar-refractivity contribution in [2.24, 2.45) is 11.7 Å². The molecule has 0 fully saturated rings. The molecule has 2 rings (SSSR count). The molecule has 200 valence electrons. The van der Waals surface area contributed by atoms with Crippen LogP contribution in [0, 0.1) is 5.92 Å². The number of benzene rings is 2. The minimum Gasteiger partial charge on any atom is -0.508 e. The van der Waals surface area contributed by atoms with Crippen LogP contribution in [0.3, 0.4) is 0 Å². The third kappa shape index (κ3) is 10.3. The molecule has 0 aromatic heterocycles. The van der Waals surface area contributed by atoms with E-state index in [4.69, 9.17) is 5.73 Å². The Kier molecular flexibility index (Phi) is 11.6. The van der Waals surface area contributed by atoms with Gasteiger partial charge in [-0.05, 0) is 35.6 Å². The maximum absolute atomic E-state index is 13.4. The Labute approximate surface area is 216 Å². The zero-order valence-corrected chi connectivity index (χ0v) is 21.1. The molecule has 7 N–H and O–H groups in total. The van der Waals surface area contributed by atoms with E-state index in [1.807, 2.05) is 44.2 Å². The highest BCUT2D eigenvalue weighted by molar-refractivity contribution is 5.93. The van der Waals surface area contributed by atoms with Crippen LogP contribution in [0.5, 0.6) is 5.75 Å². The molecule has 10 heteroatoms. The summed E-state index contributed by atoms with van der Waals surface area (Å²) in [5.74, 6) is -2.78. The summed E-state index contributed by atoms with van der Waals surface area (Å²) in [7, 11) is 0. The Morgan fingerprint density at radius 1 is 0.784 bits per heavy atom. The van der Waals surface area contributed by atoms with Gasteiger partial charge >= 0.3 is 5.97 Å². The van der Waals surface area contributed by atoms with E-state index < -0.39 is 41.8 Å². The average Bonchev–Trinajstić information content (AvgIpc) is 2.84. The average molecular weight is 513 g/mol. The highest BCUT2D eigenvalue weighted by Gasteiger charge is 2.30. The van der Waals surface area contributed by atoms with Gasteiger partial charge in [-0.15, -0.1) is 0 Å². The van der Waals surface area contributed by atoms with Crippen molar-refractivity contribution >= 4 is 23.7 Å². The van der Waals surface area contributed by atoms with Gasteiger partial charge in [0.15, 0.2) is 0 Å². The molecule has 0 radical (unpaired) electrons. The second-order valence-electron chi connectivity index (χ2n) is 9.31. The molecule has 0 aliphatic heterocycles. The maximum Gasteiger partial charge on any atom is 0.326 e. The number of carbonyl (C=O) groups is 4. The number of nitrogens with two attached hydrogens (primary N) is 1. The Balaban J connectivity index is 2.28. The summed E-state index contributed by atoms with van der Waals surface area (Å²) in [4.78, 5) is 50.6. The number of carboxylic acids is 1. The number of amides is 3. The van der Waals surface area contributed by atoms with E-state index >= 15 is 0 Å².